The van der Waals surface area contributed by atoms with Crippen molar-refractivity contribution in [2.75, 3.05) is 6.61 Å². The molecule has 78 valence electrons. The second kappa shape index (κ2) is 3.96. The van der Waals surface area contributed by atoms with Gasteiger partial charge in [-0.15, -0.1) is 11.3 Å². The molecule has 1 fully saturated rings. The van der Waals surface area contributed by atoms with Crippen LogP contribution in [0.3, 0.4) is 0 Å². The van der Waals surface area contributed by atoms with E-state index in [0.29, 0.717) is 0 Å². The summed E-state index contributed by atoms with van der Waals surface area (Å²) in [5.41, 5.74) is 0. The van der Waals surface area contributed by atoms with Gasteiger partial charge in [-0.3, -0.25) is 5.32 Å². The zero-order valence-electron chi connectivity index (χ0n) is 7.50. The maximum atomic E-state index is 9.71. The van der Waals surface area contributed by atoms with E-state index in [9.17, 15) is 10.2 Å². The smallest absolute Gasteiger partial charge is 0.102 e. The van der Waals surface area contributed by atoms with Crippen LogP contribution < -0.4 is 5.32 Å². The predicted octanol–water partition coefficient (Wildman–Crippen LogP) is -0.525. The highest BCUT2D eigenvalue weighted by Gasteiger charge is 2.41. The van der Waals surface area contributed by atoms with E-state index in [2.05, 4.69) is 5.32 Å². The Labute approximate surface area is 85.8 Å². The second-order valence-corrected chi connectivity index (χ2v) is 4.41. The lowest BCUT2D eigenvalue weighted by Crippen LogP contribution is -2.35. The number of thiophene rings is 1. The Morgan fingerprint density at radius 3 is 2.64 bits per heavy atom. The van der Waals surface area contributed by atoms with Crippen LogP contribution in [0.25, 0.3) is 0 Å². The van der Waals surface area contributed by atoms with E-state index in [1.54, 1.807) is 0 Å². The number of rotatable bonds is 2. The molecule has 1 aliphatic rings. The molecule has 0 radical (unpaired) electrons. The standard InChI is InChI=1S/C9H13NO3S/c11-4-5-8(12)9(13)7(10-5)6-2-1-3-14-6/h1-3,5,7-13H,4H2/t5-,7?,8-,9-/m1/s1. The van der Waals surface area contributed by atoms with E-state index in [0.717, 1.165) is 4.88 Å². The van der Waals surface area contributed by atoms with Crippen molar-refractivity contribution in [3.05, 3.63) is 22.4 Å². The first-order valence-corrected chi connectivity index (χ1v) is 5.38. The quantitative estimate of drug-likeness (QED) is 0.535. The molecule has 14 heavy (non-hydrogen) atoms. The first-order valence-electron chi connectivity index (χ1n) is 4.50. The minimum atomic E-state index is -0.896. The van der Waals surface area contributed by atoms with Crippen LogP contribution in [0.2, 0.25) is 0 Å². The van der Waals surface area contributed by atoms with Crippen LogP contribution >= 0.6 is 11.3 Å². The number of nitrogens with one attached hydrogen (secondary N) is 1. The maximum Gasteiger partial charge on any atom is 0.102 e. The van der Waals surface area contributed by atoms with Crippen LogP contribution in [-0.2, 0) is 0 Å². The molecule has 1 aromatic heterocycles. The molecule has 0 aliphatic carbocycles. The highest BCUT2D eigenvalue weighted by atomic mass is 32.1. The van der Waals surface area contributed by atoms with E-state index < -0.39 is 18.2 Å². The summed E-state index contributed by atoms with van der Waals surface area (Å²) in [4.78, 5) is 0.979. The van der Waals surface area contributed by atoms with Crippen LogP contribution in [-0.4, -0.2) is 40.2 Å². The Morgan fingerprint density at radius 1 is 1.36 bits per heavy atom. The minimum absolute atomic E-state index is 0.167. The molecule has 2 heterocycles. The van der Waals surface area contributed by atoms with E-state index in [-0.39, 0.29) is 12.6 Å². The largest absolute Gasteiger partial charge is 0.395 e. The van der Waals surface area contributed by atoms with Gasteiger partial charge >= 0.3 is 0 Å². The monoisotopic (exact) mass is 215 g/mol. The van der Waals surface area contributed by atoms with Crippen molar-refractivity contribution in [3.63, 3.8) is 0 Å². The SMILES string of the molecule is OC[C@H]1NC(c2cccs2)[C@@H](O)[C@@H]1O. The molecule has 1 aromatic rings. The Hall–Kier alpha value is -0.460. The number of hydrogen-bond acceptors (Lipinski definition) is 5. The molecule has 1 aliphatic heterocycles. The Kier molecular flexibility index (Phi) is 2.85. The lowest BCUT2D eigenvalue weighted by molar-refractivity contribution is 0.0198. The van der Waals surface area contributed by atoms with Crippen molar-refractivity contribution < 1.29 is 15.3 Å². The number of hydrogen-bond donors (Lipinski definition) is 4. The van der Waals surface area contributed by atoms with Crippen LogP contribution in [0.5, 0.6) is 0 Å². The Bertz CT molecular complexity index is 290. The van der Waals surface area contributed by atoms with Crippen LogP contribution in [0, 0.1) is 0 Å². The predicted molar refractivity (Wildman–Crippen MR) is 53.1 cm³/mol. The number of aliphatic hydroxyl groups excluding tert-OH is 3. The average Bonchev–Trinajstić information content (AvgIpc) is 2.78. The van der Waals surface area contributed by atoms with Crippen molar-refractivity contribution in [1.29, 1.82) is 0 Å². The van der Waals surface area contributed by atoms with Gasteiger partial charge in [-0.2, -0.15) is 0 Å². The van der Waals surface area contributed by atoms with Gasteiger partial charge in [0.2, 0.25) is 0 Å². The van der Waals surface area contributed by atoms with Crippen molar-refractivity contribution in [1.82, 2.24) is 5.32 Å². The Morgan fingerprint density at radius 2 is 2.14 bits per heavy atom. The van der Waals surface area contributed by atoms with Crippen molar-refractivity contribution >= 4 is 11.3 Å². The molecule has 2 rings (SSSR count). The number of aliphatic hydroxyl groups is 3. The van der Waals surface area contributed by atoms with Crippen molar-refractivity contribution in [2.45, 2.75) is 24.3 Å². The Balaban J connectivity index is 2.16. The fourth-order valence-corrected chi connectivity index (χ4v) is 2.57. The summed E-state index contributed by atoms with van der Waals surface area (Å²) in [5, 5.41) is 33.1. The molecular formula is C9H13NO3S. The molecule has 1 unspecified atom stereocenters. The molecule has 4 nitrogen and oxygen atoms in total. The molecule has 0 amide bonds. The van der Waals surface area contributed by atoms with Crippen LogP contribution in [0.1, 0.15) is 10.9 Å². The summed E-state index contributed by atoms with van der Waals surface area (Å²) in [6.45, 7) is -0.167. The van der Waals surface area contributed by atoms with Crippen LogP contribution in [0.4, 0.5) is 0 Å². The molecular weight excluding hydrogens is 202 g/mol. The highest BCUT2D eigenvalue weighted by Crippen LogP contribution is 2.30. The van der Waals surface area contributed by atoms with Gasteiger partial charge in [0.1, 0.15) is 6.10 Å². The first kappa shape index (κ1) is 10.1. The topological polar surface area (TPSA) is 72.7 Å². The molecule has 5 heteroatoms. The second-order valence-electron chi connectivity index (χ2n) is 3.43. The summed E-state index contributed by atoms with van der Waals surface area (Å²) in [5.74, 6) is 0. The van der Waals surface area contributed by atoms with E-state index in [1.165, 1.54) is 11.3 Å². The van der Waals surface area contributed by atoms with Gasteiger partial charge in [-0.1, -0.05) is 6.07 Å². The molecule has 4 atom stereocenters. The van der Waals surface area contributed by atoms with Gasteiger partial charge in [0.15, 0.2) is 0 Å². The van der Waals surface area contributed by atoms with Crippen LogP contribution in [0.15, 0.2) is 17.5 Å². The van der Waals surface area contributed by atoms with Gasteiger partial charge in [0, 0.05) is 4.88 Å². The molecule has 0 bridgehead atoms. The van der Waals surface area contributed by atoms with Crippen molar-refractivity contribution in [3.8, 4) is 0 Å². The molecule has 4 N–H and O–H groups in total. The van der Waals surface area contributed by atoms with Gasteiger partial charge in [0.05, 0.1) is 24.8 Å². The average molecular weight is 215 g/mol. The third-order valence-corrected chi connectivity index (χ3v) is 3.50. The summed E-state index contributed by atoms with van der Waals surface area (Å²) >= 11 is 1.52. The van der Waals surface area contributed by atoms with Gasteiger partial charge in [-0.25, -0.2) is 0 Å². The van der Waals surface area contributed by atoms with Crippen molar-refractivity contribution in [2.24, 2.45) is 0 Å². The fraction of sp³-hybridized carbons (Fsp3) is 0.556. The van der Waals surface area contributed by atoms with E-state index in [4.69, 9.17) is 5.11 Å². The third-order valence-electron chi connectivity index (χ3n) is 2.54. The lowest BCUT2D eigenvalue weighted by atomic mass is 10.1. The molecule has 0 aromatic carbocycles. The summed E-state index contributed by atoms with van der Waals surface area (Å²) in [6.07, 6.45) is -1.74. The zero-order valence-corrected chi connectivity index (χ0v) is 8.31. The molecule has 0 spiro atoms. The van der Waals surface area contributed by atoms with E-state index >= 15 is 0 Å². The summed E-state index contributed by atoms with van der Waals surface area (Å²) < 4.78 is 0. The highest BCUT2D eigenvalue weighted by molar-refractivity contribution is 7.10. The molecule has 0 saturated carbocycles. The zero-order chi connectivity index (χ0) is 10.1. The first-order chi connectivity index (χ1) is 6.74. The molecule has 1 saturated heterocycles. The van der Waals surface area contributed by atoms with Gasteiger partial charge in [-0.05, 0) is 11.4 Å². The lowest BCUT2D eigenvalue weighted by Gasteiger charge is -2.13. The van der Waals surface area contributed by atoms with Gasteiger partial charge in [0.25, 0.3) is 0 Å². The fourth-order valence-electron chi connectivity index (χ4n) is 1.74. The maximum absolute atomic E-state index is 9.71. The normalized spacial score (nSPS) is 37.6. The minimum Gasteiger partial charge on any atom is -0.395 e. The summed E-state index contributed by atoms with van der Waals surface area (Å²) in [6, 6.07) is 3.10. The summed E-state index contributed by atoms with van der Waals surface area (Å²) in [7, 11) is 0. The van der Waals surface area contributed by atoms with Gasteiger partial charge < -0.3 is 15.3 Å². The third kappa shape index (κ3) is 1.57. The van der Waals surface area contributed by atoms with E-state index in [1.807, 2.05) is 17.5 Å².